The van der Waals surface area contributed by atoms with Crippen LogP contribution in [0.4, 0.5) is 0 Å². The number of aromatic amines is 1. The van der Waals surface area contributed by atoms with E-state index in [9.17, 15) is 9.59 Å². The molecule has 0 atom stereocenters. The molecule has 2 aromatic heterocycles. The Morgan fingerprint density at radius 1 is 1.15 bits per heavy atom. The zero-order chi connectivity index (χ0) is 13.9. The van der Waals surface area contributed by atoms with Crippen LogP contribution >= 0.6 is 11.5 Å². The molecule has 0 fully saturated rings. The lowest BCUT2D eigenvalue weighted by Crippen LogP contribution is -2.42. The van der Waals surface area contributed by atoms with Crippen molar-refractivity contribution in [2.75, 3.05) is 0 Å². The maximum absolute atomic E-state index is 12.0. The van der Waals surface area contributed by atoms with Gasteiger partial charge < -0.3 is 0 Å². The molecular weight excluding hydrogens is 280 g/mol. The van der Waals surface area contributed by atoms with Crippen LogP contribution in [0.25, 0.3) is 10.9 Å². The summed E-state index contributed by atoms with van der Waals surface area (Å²) in [5, 5.41) is 12.4. The van der Waals surface area contributed by atoms with Gasteiger partial charge in [-0.15, -0.1) is 5.10 Å². The number of para-hydroxylation sites is 1. The number of hydrogen-bond donors (Lipinski definition) is 3. The second kappa shape index (κ2) is 5.05. The Morgan fingerprint density at radius 2 is 1.95 bits per heavy atom. The molecule has 2 heterocycles. The summed E-state index contributed by atoms with van der Waals surface area (Å²) in [6.07, 6.45) is 0. The van der Waals surface area contributed by atoms with Crippen molar-refractivity contribution in [1.29, 1.82) is 0 Å². The minimum absolute atomic E-state index is 0.141. The normalized spacial score (nSPS) is 10.4. The van der Waals surface area contributed by atoms with Gasteiger partial charge in [0.15, 0.2) is 11.4 Å². The zero-order valence-electron chi connectivity index (χ0n) is 9.95. The van der Waals surface area contributed by atoms with Gasteiger partial charge in [-0.1, -0.05) is 22.7 Å². The van der Waals surface area contributed by atoms with Crippen molar-refractivity contribution >= 4 is 34.2 Å². The van der Waals surface area contributed by atoms with E-state index in [1.807, 2.05) is 6.07 Å². The Morgan fingerprint density at radius 3 is 2.75 bits per heavy atom. The third-order valence-electron chi connectivity index (χ3n) is 2.57. The van der Waals surface area contributed by atoms with Gasteiger partial charge in [-0.3, -0.25) is 25.5 Å². The minimum Gasteiger partial charge on any atom is -0.277 e. The van der Waals surface area contributed by atoms with Crippen molar-refractivity contribution in [3.8, 4) is 0 Å². The van der Waals surface area contributed by atoms with E-state index in [0.29, 0.717) is 5.39 Å². The van der Waals surface area contributed by atoms with Crippen LogP contribution in [-0.2, 0) is 0 Å². The lowest BCUT2D eigenvalue weighted by Gasteiger charge is -2.03. The van der Waals surface area contributed by atoms with Crippen LogP contribution in [0.5, 0.6) is 0 Å². The molecule has 0 aliphatic rings. The van der Waals surface area contributed by atoms with Gasteiger partial charge in [-0.05, 0) is 17.6 Å². The van der Waals surface area contributed by atoms with E-state index in [0.717, 1.165) is 17.0 Å². The molecule has 0 unspecified atom stereocenters. The SMILES string of the molecule is O=C(NNC(=O)c1n[nH]c2ccccc12)c1csnn1. The summed E-state index contributed by atoms with van der Waals surface area (Å²) in [5.41, 5.74) is 5.62. The second-order valence-corrected chi connectivity index (χ2v) is 4.43. The minimum atomic E-state index is -0.535. The van der Waals surface area contributed by atoms with Gasteiger partial charge in [0.2, 0.25) is 0 Å². The van der Waals surface area contributed by atoms with Crippen LogP contribution < -0.4 is 10.9 Å². The van der Waals surface area contributed by atoms with Gasteiger partial charge in [0, 0.05) is 10.8 Å². The topological polar surface area (TPSA) is 113 Å². The van der Waals surface area contributed by atoms with Crippen LogP contribution in [0.3, 0.4) is 0 Å². The average molecular weight is 288 g/mol. The number of carbonyl (C=O) groups excluding carboxylic acids is 2. The molecule has 3 N–H and O–H groups in total. The fourth-order valence-electron chi connectivity index (χ4n) is 1.64. The van der Waals surface area contributed by atoms with Crippen molar-refractivity contribution in [1.82, 2.24) is 30.6 Å². The van der Waals surface area contributed by atoms with Gasteiger partial charge in [0.25, 0.3) is 11.8 Å². The molecule has 20 heavy (non-hydrogen) atoms. The van der Waals surface area contributed by atoms with Gasteiger partial charge in [0.05, 0.1) is 5.52 Å². The maximum Gasteiger partial charge on any atom is 0.291 e. The maximum atomic E-state index is 12.0. The van der Waals surface area contributed by atoms with E-state index >= 15 is 0 Å². The first kappa shape index (κ1) is 12.2. The highest BCUT2D eigenvalue weighted by atomic mass is 32.1. The Hall–Kier alpha value is -2.81. The predicted octanol–water partition coefficient (Wildman–Crippen LogP) is 0.489. The summed E-state index contributed by atoms with van der Waals surface area (Å²) in [7, 11) is 0. The van der Waals surface area contributed by atoms with Gasteiger partial charge in [-0.25, -0.2) is 0 Å². The number of nitrogens with zero attached hydrogens (tertiary/aromatic N) is 3. The molecular formula is C11H8N6O2S. The fraction of sp³-hybridized carbons (Fsp3) is 0. The molecule has 0 saturated carbocycles. The Balaban J connectivity index is 1.72. The Kier molecular flexibility index (Phi) is 3.09. The standard InChI is InChI=1S/C11H8N6O2S/c18-10(8-5-20-17-13-8)15-16-11(19)9-6-3-1-2-4-7(6)12-14-9/h1-5H,(H,12,14)(H,15,18)(H,16,19). The van der Waals surface area contributed by atoms with Gasteiger partial charge >= 0.3 is 0 Å². The molecule has 1 aromatic carbocycles. The summed E-state index contributed by atoms with van der Waals surface area (Å²) in [6.45, 7) is 0. The zero-order valence-corrected chi connectivity index (χ0v) is 10.8. The summed E-state index contributed by atoms with van der Waals surface area (Å²) < 4.78 is 3.56. The number of amides is 2. The predicted molar refractivity (Wildman–Crippen MR) is 70.9 cm³/mol. The molecule has 0 radical (unpaired) electrons. The molecule has 2 amide bonds. The summed E-state index contributed by atoms with van der Waals surface area (Å²) in [6, 6.07) is 7.20. The summed E-state index contributed by atoms with van der Waals surface area (Å²) >= 11 is 1.05. The van der Waals surface area contributed by atoms with E-state index in [1.54, 1.807) is 18.2 Å². The number of rotatable bonds is 2. The van der Waals surface area contributed by atoms with Crippen LogP contribution in [0.1, 0.15) is 21.0 Å². The van der Waals surface area contributed by atoms with E-state index in [4.69, 9.17) is 0 Å². The molecule has 8 nitrogen and oxygen atoms in total. The quantitative estimate of drug-likeness (QED) is 0.594. The highest BCUT2D eigenvalue weighted by molar-refractivity contribution is 7.03. The van der Waals surface area contributed by atoms with Crippen molar-refractivity contribution in [2.24, 2.45) is 0 Å². The first-order valence-electron chi connectivity index (χ1n) is 5.56. The molecule has 0 aliphatic carbocycles. The number of hydrazine groups is 1. The van der Waals surface area contributed by atoms with Crippen molar-refractivity contribution in [2.45, 2.75) is 0 Å². The van der Waals surface area contributed by atoms with Crippen LogP contribution in [0.2, 0.25) is 0 Å². The van der Waals surface area contributed by atoms with Crippen LogP contribution in [-0.4, -0.2) is 31.6 Å². The molecule has 0 saturated heterocycles. The molecule has 0 bridgehead atoms. The number of carbonyl (C=O) groups is 2. The average Bonchev–Trinajstić information content (AvgIpc) is 3.13. The highest BCUT2D eigenvalue weighted by Crippen LogP contribution is 2.14. The summed E-state index contributed by atoms with van der Waals surface area (Å²) in [4.78, 5) is 23.5. The van der Waals surface area contributed by atoms with E-state index < -0.39 is 11.8 Å². The smallest absolute Gasteiger partial charge is 0.277 e. The van der Waals surface area contributed by atoms with Crippen molar-refractivity contribution in [3.63, 3.8) is 0 Å². The number of aromatic nitrogens is 4. The molecule has 9 heteroatoms. The number of nitrogens with one attached hydrogen (secondary N) is 3. The lowest BCUT2D eigenvalue weighted by molar-refractivity contribution is 0.0842. The highest BCUT2D eigenvalue weighted by Gasteiger charge is 2.15. The van der Waals surface area contributed by atoms with Crippen molar-refractivity contribution in [3.05, 3.63) is 41.0 Å². The molecule has 3 rings (SSSR count). The van der Waals surface area contributed by atoms with E-state index in [1.165, 1.54) is 5.38 Å². The number of H-pyrrole nitrogens is 1. The largest absolute Gasteiger partial charge is 0.291 e. The third-order valence-corrected chi connectivity index (χ3v) is 3.07. The Labute approximate surface area is 116 Å². The van der Waals surface area contributed by atoms with Crippen molar-refractivity contribution < 1.29 is 9.59 Å². The second-order valence-electron chi connectivity index (χ2n) is 3.82. The van der Waals surface area contributed by atoms with Crippen LogP contribution in [0, 0.1) is 0 Å². The fourth-order valence-corrected chi connectivity index (χ4v) is 2.07. The van der Waals surface area contributed by atoms with E-state index in [-0.39, 0.29) is 11.4 Å². The van der Waals surface area contributed by atoms with E-state index in [2.05, 4.69) is 30.6 Å². The molecule has 3 aromatic rings. The molecule has 0 spiro atoms. The third kappa shape index (κ3) is 2.21. The lowest BCUT2D eigenvalue weighted by atomic mass is 10.2. The number of benzene rings is 1. The first-order valence-corrected chi connectivity index (χ1v) is 6.40. The summed E-state index contributed by atoms with van der Waals surface area (Å²) in [5.74, 6) is -1.05. The van der Waals surface area contributed by atoms with Gasteiger partial charge in [0.1, 0.15) is 0 Å². The van der Waals surface area contributed by atoms with Crippen LogP contribution in [0.15, 0.2) is 29.6 Å². The first-order chi connectivity index (χ1) is 9.75. The number of fused-ring (bicyclic) bond motifs is 1. The molecule has 0 aliphatic heterocycles. The monoisotopic (exact) mass is 288 g/mol. The van der Waals surface area contributed by atoms with Gasteiger partial charge in [-0.2, -0.15) is 5.10 Å². The molecule has 100 valence electrons. The Bertz CT molecular complexity index is 766. The number of hydrogen-bond acceptors (Lipinski definition) is 6.